The maximum absolute atomic E-state index is 13.8. The van der Waals surface area contributed by atoms with Crippen LogP contribution in [-0.4, -0.2) is 28.5 Å². The number of aldehydes is 1. The van der Waals surface area contributed by atoms with E-state index in [4.69, 9.17) is 4.99 Å². The van der Waals surface area contributed by atoms with E-state index in [9.17, 15) is 22.8 Å². The minimum Gasteiger partial charge on any atom is -0.305 e. The number of amides is 1. The standard InChI is InChI=1S/C27H29F3N2O2/c1-3-18-13-15-26(16-14-18)31-24(21-9-11-22(12-10-21)27(28,29)30)25(34)32(26)23(4-2)20-7-5-19(17-33)6-8-20/h5-12,17-18,23H,3-4,13-16H2,1-2H3. The first kappa shape index (κ1) is 24.2. The average molecular weight is 471 g/mol. The molecule has 2 aromatic rings. The van der Waals surface area contributed by atoms with Crippen LogP contribution in [0.4, 0.5) is 13.2 Å². The van der Waals surface area contributed by atoms with Crippen LogP contribution in [-0.2, 0) is 11.0 Å². The molecule has 180 valence electrons. The Bertz CT molecular complexity index is 1070. The van der Waals surface area contributed by atoms with Gasteiger partial charge < -0.3 is 4.90 Å². The molecule has 1 amide bonds. The molecule has 1 aliphatic heterocycles. The van der Waals surface area contributed by atoms with E-state index >= 15 is 0 Å². The fourth-order valence-corrected chi connectivity index (χ4v) is 5.31. The van der Waals surface area contributed by atoms with E-state index in [1.165, 1.54) is 12.1 Å². The lowest BCUT2D eigenvalue weighted by Crippen LogP contribution is -2.50. The Morgan fingerprint density at radius 2 is 1.68 bits per heavy atom. The Labute approximate surface area is 197 Å². The molecular weight excluding hydrogens is 441 g/mol. The van der Waals surface area contributed by atoms with Crippen molar-refractivity contribution in [3.63, 3.8) is 0 Å². The lowest BCUT2D eigenvalue weighted by atomic mass is 9.79. The number of alkyl halides is 3. The van der Waals surface area contributed by atoms with Gasteiger partial charge in [-0.25, -0.2) is 0 Å². The highest BCUT2D eigenvalue weighted by Crippen LogP contribution is 2.47. The molecule has 1 aliphatic carbocycles. The van der Waals surface area contributed by atoms with Gasteiger partial charge in [0.2, 0.25) is 0 Å². The first-order valence-electron chi connectivity index (χ1n) is 11.9. The number of aliphatic imine (C=N–C) groups is 1. The van der Waals surface area contributed by atoms with Crippen LogP contribution < -0.4 is 0 Å². The van der Waals surface area contributed by atoms with Crippen LogP contribution in [0.25, 0.3) is 0 Å². The average Bonchev–Trinajstić information content (AvgIpc) is 3.12. The van der Waals surface area contributed by atoms with Crippen molar-refractivity contribution < 1.29 is 22.8 Å². The van der Waals surface area contributed by atoms with Crippen molar-refractivity contribution in [2.75, 3.05) is 0 Å². The zero-order chi connectivity index (χ0) is 24.5. The van der Waals surface area contributed by atoms with Crippen molar-refractivity contribution in [2.24, 2.45) is 10.9 Å². The highest BCUT2D eigenvalue weighted by atomic mass is 19.4. The Morgan fingerprint density at radius 3 is 2.18 bits per heavy atom. The maximum atomic E-state index is 13.8. The summed E-state index contributed by atoms with van der Waals surface area (Å²) in [5.74, 6) is 0.334. The van der Waals surface area contributed by atoms with Gasteiger partial charge in [0.1, 0.15) is 17.7 Å². The van der Waals surface area contributed by atoms with E-state index in [2.05, 4.69) is 6.92 Å². The van der Waals surface area contributed by atoms with E-state index in [-0.39, 0.29) is 17.7 Å². The van der Waals surface area contributed by atoms with E-state index < -0.39 is 17.4 Å². The Hall–Kier alpha value is -2.96. The molecule has 1 saturated carbocycles. The van der Waals surface area contributed by atoms with Crippen LogP contribution in [0.2, 0.25) is 0 Å². The second-order valence-corrected chi connectivity index (χ2v) is 9.25. The smallest absolute Gasteiger partial charge is 0.305 e. The molecule has 0 aromatic heterocycles. The molecule has 1 fully saturated rings. The van der Waals surface area contributed by atoms with Crippen LogP contribution in [0.15, 0.2) is 53.5 Å². The number of halogens is 3. The van der Waals surface area contributed by atoms with Gasteiger partial charge in [0, 0.05) is 11.1 Å². The Balaban J connectivity index is 1.74. The summed E-state index contributed by atoms with van der Waals surface area (Å²) >= 11 is 0. The molecule has 2 aliphatic rings. The largest absolute Gasteiger partial charge is 0.416 e. The maximum Gasteiger partial charge on any atom is 0.416 e. The number of rotatable bonds is 6. The van der Waals surface area contributed by atoms with Crippen molar-refractivity contribution in [2.45, 2.75) is 70.3 Å². The fourth-order valence-electron chi connectivity index (χ4n) is 5.31. The summed E-state index contributed by atoms with van der Waals surface area (Å²) in [7, 11) is 0. The van der Waals surface area contributed by atoms with Gasteiger partial charge in [-0.3, -0.25) is 14.6 Å². The molecular formula is C27H29F3N2O2. The molecule has 0 saturated heterocycles. The number of carbonyl (C=O) groups excluding carboxylic acids is 2. The summed E-state index contributed by atoms with van der Waals surface area (Å²) in [6.07, 6.45) is 1.42. The van der Waals surface area contributed by atoms with Crippen LogP contribution in [0.1, 0.15) is 85.5 Å². The lowest BCUT2D eigenvalue weighted by Gasteiger charge is -2.45. The molecule has 34 heavy (non-hydrogen) atoms. The molecule has 7 heteroatoms. The first-order chi connectivity index (χ1) is 16.2. The second kappa shape index (κ2) is 9.35. The quantitative estimate of drug-likeness (QED) is 0.447. The van der Waals surface area contributed by atoms with Gasteiger partial charge in [0.25, 0.3) is 5.91 Å². The number of nitrogens with zero attached hydrogens (tertiary/aromatic N) is 2. The van der Waals surface area contributed by atoms with Crippen molar-refractivity contribution in [3.8, 4) is 0 Å². The van der Waals surface area contributed by atoms with E-state index in [1.807, 2.05) is 24.0 Å². The fraction of sp³-hybridized carbons (Fsp3) is 0.444. The van der Waals surface area contributed by atoms with Gasteiger partial charge in [-0.15, -0.1) is 0 Å². The van der Waals surface area contributed by atoms with E-state index in [0.717, 1.165) is 56.1 Å². The molecule has 0 radical (unpaired) electrons. The second-order valence-electron chi connectivity index (χ2n) is 9.25. The predicted octanol–water partition coefficient (Wildman–Crippen LogP) is 6.60. The third-order valence-corrected chi connectivity index (χ3v) is 7.31. The summed E-state index contributed by atoms with van der Waals surface area (Å²) < 4.78 is 39.2. The molecule has 1 spiro atoms. The van der Waals surface area contributed by atoms with Gasteiger partial charge in [-0.2, -0.15) is 13.2 Å². The highest BCUT2D eigenvalue weighted by Gasteiger charge is 2.51. The van der Waals surface area contributed by atoms with Crippen LogP contribution >= 0.6 is 0 Å². The third kappa shape index (κ3) is 4.40. The number of carbonyl (C=O) groups is 2. The summed E-state index contributed by atoms with van der Waals surface area (Å²) in [5, 5.41) is 0. The van der Waals surface area contributed by atoms with Crippen LogP contribution in [0, 0.1) is 5.92 Å². The zero-order valence-electron chi connectivity index (χ0n) is 19.4. The SMILES string of the molecule is CCC1CCC2(CC1)N=C(c1ccc(C(F)(F)F)cc1)C(=O)N2C(CC)c1ccc(C=O)cc1. The van der Waals surface area contributed by atoms with Gasteiger partial charge in [-0.1, -0.05) is 56.7 Å². The van der Waals surface area contributed by atoms with Crippen LogP contribution in [0.3, 0.4) is 0 Å². The summed E-state index contributed by atoms with van der Waals surface area (Å²) in [6, 6.07) is 11.7. The minimum atomic E-state index is -4.44. The minimum absolute atomic E-state index is 0.228. The summed E-state index contributed by atoms with van der Waals surface area (Å²) in [5.41, 5.74) is 0.660. The Morgan fingerprint density at radius 1 is 1.06 bits per heavy atom. The zero-order valence-corrected chi connectivity index (χ0v) is 19.4. The van der Waals surface area contributed by atoms with E-state index in [1.54, 1.807) is 12.1 Å². The molecule has 4 rings (SSSR count). The molecule has 0 bridgehead atoms. The molecule has 1 unspecified atom stereocenters. The van der Waals surface area contributed by atoms with Gasteiger partial charge in [-0.05, 0) is 55.7 Å². The highest BCUT2D eigenvalue weighted by molar-refractivity contribution is 6.46. The molecule has 4 nitrogen and oxygen atoms in total. The van der Waals surface area contributed by atoms with E-state index in [0.29, 0.717) is 23.5 Å². The van der Waals surface area contributed by atoms with Crippen molar-refractivity contribution >= 4 is 17.9 Å². The molecule has 1 atom stereocenters. The number of hydrogen-bond donors (Lipinski definition) is 0. The summed E-state index contributed by atoms with van der Waals surface area (Å²) in [6.45, 7) is 4.17. The topological polar surface area (TPSA) is 49.7 Å². The Kier molecular flexibility index (Phi) is 6.65. The number of benzene rings is 2. The van der Waals surface area contributed by atoms with Crippen molar-refractivity contribution in [1.29, 1.82) is 0 Å². The van der Waals surface area contributed by atoms with Gasteiger partial charge in [0.05, 0.1) is 11.6 Å². The van der Waals surface area contributed by atoms with Crippen molar-refractivity contribution in [1.82, 2.24) is 4.90 Å². The predicted molar refractivity (Wildman–Crippen MR) is 125 cm³/mol. The van der Waals surface area contributed by atoms with Gasteiger partial charge in [0.15, 0.2) is 0 Å². The van der Waals surface area contributed by atoms with Crippen LogP contribution in [0.5, 0.6) is 0 Å². The van der Waals surface area contributed by atoms with Gasteiger partial charge >= 0.3 is 6.18 Å². The third-order valence-electron chi connectivity index (χ3n) is 7.31. The normalized spacial score (nSPS) is 23.8. The molecule has 0 N–H and O–H groups in total. The van der Waals surface area contributed by atoms with Crippen molar-refractivity contribution in [3.05, 3.63) is 70.8 Å². The molecule has 2 aromatic carbocycles. The molecule has 1 heterocycles. The first-order valence-corrected chi connectivity index (χ1v) is 11.9. The lowest BCUT2D eigenvalue weighted by molar-refractivity contribution is -0.137. The monoisotopic (exact) mass is 470 g/mol. The number of hydrogen-bond acceptors (Lipinski definition) is 3. The summed E-state index contributed by atoms with van der Waals surface area (Å²) in [4.78, 5) is 31.7.